The molecule has 1 aliphatic carbocycles. The summed E-state index contributed by atoms with van der Waals surface area (Å²) in [5, 5.41) is 9.14. The molecule has 1 aromatic carbocycles. The maximum Gasteiger partial charge on any atom is 0.168 e. The molecule has 0 aromatic heterocycles. The van der Waals surface area contributed by atoms with Crippen molar-refractivity contribution in [3.05, 3.63) is 29.3 Å². The van der Waals surface area contributed by atoms with Gasteiger partial charge < -0.3 is 4.74 Å². The fraction of sp³-hybridized carbons (Fsp3) is 0.417. The van der Waals surface area contributed by atoms with Crippen molar-refractivity contribution in [2.24, 2.45) is 0 Å². The molecule has 0 spiro atoms. The summed E-state index contributed by atoms with van der Waals surface area (Å²) in [6.07, 6.45) is 2.15. The molecule has 1 fully saturated rings. The summed E-state index contributed by atoms with van der Waals surface area (Å²) in [5.41, 5.74) is -0.435. The van der Waals surface area contributed by atoms with Crippen LogP contribution in [0.3, 0.4) is 0 Å². The van der Waals surface area contributed by atoms with Gasteiger partial charge in [-0.3, -0.25) is 0 Å². The van der Waals surface area contributed by atoms with Crippen molar-refractivity contribution >= 4 is 0 Å². The number of nitrogens with zero attached hydrogens (tertiary/aromatic N) is 1. The molecule has 0 amide bonds. The van der Waals surface area contributed by atoms with Crippen LogP contribution in [-0.4, -0.2) is 7.11 Å². The quantitative estimate of drug-likeness (QED) is 0.772. The number of hydrogen-bond donors (Lipinski definition) is 0. The number of nitriles is 1. The Morgan fingerprint density at radius 1 is 1.38 bits per heavy atom. The van der Waals surface area contributed by atoms with Crippen molar-refractivity contribution in [2.45, 2.75) is 24.7 Å². The fourth-order valence-electron chi connectivity index (χ4n) is 2.09. The first kappa shape index (κ1) is 10.9. The van der Waals surface area contributed by atoms with Gasteiger partial charge in [0.1, 0.15) is 5.82 Å². The molecule has 84 valence electrons. The van der Waals surface area contributed by atoms with Gasteiger partial charge >= 0.3 is 0 Å². The number of hydrogen-bond acceptors (Lipinski definition) is 2. The Hall–Kier alpha value is -1.63. The zero-order chi connectivity index (χ0) is 11.8. The predicted octanol–water partition coefficient (Wildman–Crippen LogP) is 2.92. The summed E-state index contributed by atoms with van der Waals surface area (Å²) in [4.78, 5) is 0. The van der Waals surface area contributed by atoms with Crippen LogP contribution in [0, 0.1) is 23.0 Å². The first-order chi connectivity index (χ1) is 7.63. The van der Waals surface area contributed by atoms with E-state index >= 15 is 0 Å². The summed E-state index contributed by atoms with van der Waals surface area (Å²) in [7, 11) is 1.32. The molecule has 1 aromatic rings. The molecule has 2 nitrogen and oxygen atoms in total. The highest BCUT2D eigenvalue weighted by molar-refractivity contribution is 5.46. The molecular weight excluding hydrogens is 212 g/mol. The number of halogens is 2. The second-order valence-corrected chi connectivity index (χ2v) is 4.02. The summed E-state index contributed by atoms with van der Waals surface area (Å²) in [6.45, 7) is 0. The van der Waals surface area contributed by atoms with Crippen LogP contribution in [-0.2, 0) is 5.41 Å². The Morgan fingerprint density at radius 3 is 2.50 bits per heavy atom. The summed E-state index contributed by atoms with van der Waals surface area (Å²) >= 11 is 0. The predicted molar refractivity (Wildman–Crippen MR) is 54.1 cm³/mol. The molecule has 0 radical (unpaired) electrons. The van der Waals surface area contributed by atoms with Crippen LogP contribution in [0.2, 0.25) is 0 Å². The van der Waals surface area contributed by atoms with Gasteiger partial charge in [-0.25, -0.2) is 8.78 Å². The van der Waals surface area contributed by atoms with Gasteiger partial charge in [0.05, 0.1) is 18.6 Å². The molecule has 0 aliphatic heterocycles. The average Bonchev–Trinajstić information content (AvgIpc) is 2.16. The SMILES string of the molecule is COc1c(F)cc(F)cc1C1(C#N)CCC1. The maximum atomic E-state index is 13.5. The third kappa shape index (κ3) is 1.44. The van der Waals surface area contributed by atoms with E-state index in [1.54, 1.807) is 0 Å². The van der Waals surface area contributed by atoms with Gasteiger partial charge in [-0.2, -0.15) is 5.26 Å². The van der Waals surface area contributed by atoms with Crippen molar-refractivity contribution in [1.29, 1.82) is 5.26 Å². The normalized spacial score (nSPS) is 17.4. The van der Waals surface area contributed by atoms with Crippen molar-refractivity contribution in [3.8, 4) is 11.8 Å². The molecule has 1 aliphatic rings. The molecule has 0 unspecified atom stereocenters. The molecule has 0 saturated heterocycles. The van der Waals surface area contributed by atoms with Crippen LogP contribution < -0.4 is 4.74 Å². The molecule has 4 heteroatoms. The first-order valence-corrected chi connectivity index (χ1v) is 5.08. The smallest absolute Gasteiger partial charge is 0.168 e. The Labute approximate surface area is 92.5 Å². The second kappa shape index (κ2) is 3.75. The zero-order valence-electron chi connectivity index (χ0n) is 8.89. The molecule has 2 rings (SSSR count). The molecule has 0 N–H and O–H groups in total. The Morgan fingerprint density at radius 2 is 2.06 bits per heavy atom. The number of rotatable bonds is 2. The summed E-state index contributed by atoms with van der Waals surface area (Å²) < 4.78 is 31.6. The molecule has 0 bridgehead atoms. The summed E-state index contributed by atoms with van der Waals surface area (Å²) in [5.74, 6) is -1.43. The van der Waals surface area contributed by atoms with Crippen LogP contribution in [0.15, 0.2) is 12.1 Å². The maximum absolute atomic E-state index is 13.5. The number of ether oxygens (including phenoxy) is 1. The van der Waals surface area contributed by atoms with Crippen LogP contribution in [0.4, 0.5) is 8.78 Å². The van der Waals surface area contributed by atoms with E-state index < -0.39 is 17.0 Å². The fourth-order valence-corrected chi connectivity index (χ4v) is 2.09. The average molecular weight is 223 g/mol. The summed E-state index contributed by atoms with van der Waals surface area (Å²) in [6, 6.07) is 4.12. The van der Waals surface area contributed by atoms with Crippen molar-refractivity contribution < 1.29 is 13.5 Å². The lowest BCUT2D eigenvalue weighted by molar-refractivity contribution is 0.298. The Kier molecular flexibility index (Phi) is 2.55. The molecule has 0 heterocycles. The zero-order valence-corrected chi connectivity index (χ0v) is 8.89. The van der Waals surface area contributed by atoms with Gasteiger partial charge in [0.15, 0.2) is 11.6 Å². The van der Waals surface area contributed by atoms with E-state index in [4.69, 9.17) is 10.00 Å². The number of benzene rings is 1. The lowest BCUT2D eigenvalue weighted by atomic mass is 9.65. The minimum Gasteiger partial charge on any atom is -0.493 e. The molecule has 16 heavy (non-hydrogen) atoms. The van der Waals surface area contributed by atoms with Crippen LogP contribution in [0.25, 0.3) is 0 Å². The third-order valence-corrected chi connectivity index (χ3v) is 3.15. The van der Waals surface area contributed by atoms with Crippen LogP contribution >= 0.6 is 0 Å². The van der Waals surface area contributed by atoms with Gasteiger partial charge in [-0.1, -0.05) is 0 Å². The standard InChI is InChI=1S/C12H11F2NO/c1-16-11-9(5-8(13)6-10(11)14)12(7-15)3-2-4-12/h5-6H,2-4H2,1H3. The minimum absolute atomic E-state index is 0.0114. The van der Waals surface area contributed by atoms with E-state index in [0.717, 1.165) is 12.5 Å². The van der Waals surface area contributed by atoms with Crippen molar-refractivity contribution in [1.82, 2.24) is 0 Å². The van der Waals surface area contributed by atoms with E-state index in [0.29, 0.717) is 18.4 Å². The van der Waals surface area contributed by atoms with Gasteiger partial charge in [-0.05, 0) is 25.3 Å². The van der Waals surface area contributed by atoms with Gasteiger partial charge in [0, 0.05) is 11.6 Å². The highest BCUT2D eigenvalue weighted by Crippen LogP contribution is 2.47. The van der Waals surface area contributed by atoms with Crippen LogP contribution in [0.1, 0.15) is 24.8 Å². The van der Waals surface area contributed by atoms with Gasteiger partial charge in [0.25, 0.3) is 0 Å². The highest BCUT2D eigenvalue weighted by Gasteiger charge is 2.42. The monoisotopic (exact) mass is 223 g/mol. The van der Waals surface area contributed by atoms with Crippen molar-refractivity contribution in [2.75, 3.05) is 7.11 Å². The third-order valence-electron chi connectivity index (χ3n) is 3.15. The van der Waals surface area contributed by atoms with Gasteiger partial charge in [-0.15, -0.1) is 0 Å². The topological polar surface area (TPSA) is 33.0 Å². The Balaban J connectivity index is 2.59. The second-order valence-electron chi connectivity index (χ2n) is 4.02. The lowest BCUT2D eigenvalue weighted by Gasteiger charge is -2.36. The lowest BCUT2D eigenvalue weighted by Crippen LogP contribution is -2.33. The van der Waals surface area contributed by atoms with E-state index in [2.05, 4.69) is 6.07 Å². The van der Waals surface area contributed by atoms with E-state index in [1.165, 1.54) is 13.2 Å². The van der Waals surface area contributed by atoms with E-state index in [1.807, 2.05) is 0 Å². The minimum atomic E-state index is -0.770. The molecular formula is C12H11F2NO. The Bertz CT molecular complexity index is 461. The van der Waals surface area contributed by atoms with Crippen molar-refractivity contribution in [3.63, 3.8) is 0 Å². The first-order valence-electron chi connectivity index (χ1n) is 5.08. The van der Waals surface area contributed by atoms with Crippen LogP contribution in [0.5, 0.6) is 5.75 Å². The van der Waals surface area contributed by atoms with E-state index in [-0.39, 0.29) is 5.75 Å². The van der Waals surface area contributed by atoms with Gasteiger partial charge in [0.2, 0.25) is 0 Å². The largest absolute Gasteiger partial charge is 0.493 e. The highest BCUT2D eigenvalue weighted by atomic mass is 19.1. The molecule has 0 atom stereocenters. The number of methoxy groups -OCH3 is 1. The molecule has 1 saturated carbocycles. The van der Waals surface area contributed by atoms with E-state index in [9.17, 15) is 8.78 Å².